The van der Waals surface area contributed by atoms with Gasteiger partial charge in [-0.3, -0.25) is 4.90 Å². The molecule has 1 aliphatic rings. The van der Waals surface area contributed by atoms with Crippen molar-refractivity contribution in [3.63, 3.8) is 0 Å². The normalized spacial score (nSPS) is 20.4. The quantitative estimate of drug-likeness (QED) is 0.909. The Morgan fingerprint density at radius 2 is 2.06 bits per heavy atom. The molecule has 1 aromatic rings. The molecule has 1 aliphatic heterocycles. The molecule has 0 aromatic heterocycles. The minimum absolute atomic E-state index is 0. The van der Waals surface area contributed by atoms with Crippen molar-refractivity contribution >= 4 is 28.3 Å². The lowest BCUT2D eigenvalue weighted by Crippen LogP contribution is -2.38. The summed E-state index contributed by atoms with van der Waals surface area (Å²) in [5, 5.41) is 3.30. The van der Waals surface area contributed by atoms with Crippen LogP contribution in [0.4, 0.5) is 0 Å². The predicted octanol–water partition coefficient (Wildman–Crippen LogP) is 3.30. The van der Waals surface area contributed by atoms with E-state index in [1.54, 1.807) is 0 Å². The molecule has 0 aliphatic carbocycles. The molecule has 1 fully saturated rings. The number of halogens is 2. The van der Waals surface area contributed by atoms with E-state index in [0.29, 0.717) is 0 Å². The molecule has 2 rings (SSSR count). The van der Waals surface area contributed by atoms with Gasteiger partial charge in [0.15, 0.2) is 0 Å². The summed E-state index contributed by atoms with van der Waals surface area (Å²) in [6.45, 7) is 4.72. The molecular formula is C14H22BrClN2. The molecule has 0 saturated carbocycles. The Labute approximate surface area is 125 Å². The standard InChI is InChI=1S/C14H21BrN2.ClH/c1-16-9-13-3-2-8-17(11-13)10-12-4-6-14(15)7-5-12;/h4-7,13,16H,2-3,8-11H2,1H3;1H. The third kappa shape index (κ3) is 4.88. The van der Waals surface area contributed by atoms with Gasteiger partial charge in [-0.15, -0.1) is 12.4 Å². The molecule has 0 bridgehead atoms. The summed E-state index contributed by atoms with van der Waals surface area (Å²) in [5.74, 6) is 0.823. The van der Waals surface area contributed by atoms with Crippen LogP contribution in [0.25, 0.3) is 0 Å². The lowest BCUT2D eigenvalue weighted by atomic mass is 9.97. The second-order valence-electron chi connectivity index (χ2n) is 4.93. The maximum atomic E-state index is 3.48. The van der Waals surface area contributed by atoms with E-state index in [-0.39, 0.29) is 12.4 Å². The minimum Gasteiger partial charge on any atom is -0.319 e. The number of rotatable bonds is 4. The number of hydrogen-bond donors (Lipinski definition) is 1. The molecule has 1 saturated heterocycles. The number of nitrogens with one attached hydrogen (secondary N) is 1. The van der Waals surface area contributed by atoms with Gasteiger partial charge in [0.05, 0.1) is 0 Å². The van der Waals surface area contributed by atoms with Crippen LogP contribution < -0.4 is 5.32 Å². The van der Waals surface area contributed by atoms with E-state index in [2.05, 4.69) is 50.4 Å². The Balaban J connectivity index is 0.00000162. The molecule has 1 atom stereocenters. The first kappa shape index (κ1) is 16.0. The molecule has 0 radical (unpaired) electrons. The zero-order valence-electron chi connectivity index (χ0n) is 10.9. The second kappa shape index (κ2) is 8.16. The van der Waals surface area contributed by atoms with E-state index >= 15 is 0 Å². The number of nitrogens with zero attached hydrogens (tertiary/aromatic N) is 1. The second-order valence-corrected chi connectivity index (χ2v) is 5.84. The highest BCUT2D eigenvalue weighted by molar-refractivity contribution is 9.10. The molecule has 1 aromatic carbocycles. The first-order chi connectivity index (χ1) is 8.28. The SMILES string of the molecule is CNCC1CCCN(Cc2ccc(Br)cc2)C1.Cl. The van der Waals surface area contributed by atoms with Gasteiger partial charge in [-0.1, -0.05) is 28.1 Å². The van der Waals surface area contributed by atoms with Gasteiger partial charge in [0.1, 0.15) is 0 Å². The van der Waals surface area contributed by atoms with E-state index < -0.39 is 0 Å². The van der Waals surface area contributed by atoms with Gasteiger partial charge < -0.3 is 5.32 Å². The zero-order valence-corrected chi connectivity index (χ0v) is 13.3. The van der Waals surface area contributed by atoms with Crippen molar-refractivity contribution < 1.29 is 0 Å². The van der Waals surface area contributed by atoms with Crippen LogP contribution in [0.1, 0.15) is 18.4 Å². The summed E-state index contributed by atoms with van der Waals surface area (Å²) in [6.07, 6.45) is 2.71. The Bertz CT molecular complexity index is 340. The van der Waals surface area contributed by atoms with Crippen LogP contribution in [0.2, 0.25) is 0 Å². The Morgan fingerprint density at radius 3 is 2.72 bits per heavy atom. The van der Waals surface area contributed by atoms with Crippen LogP contribution in [-0.4, -0.2) is 31.6 Å². The Morgan fingerprint density at radius 1 is 1.33 bits per heavy atom. The molecule has 0 amide bonds. The molecule has 1 unspecified atom stereocenters. The van der Waals surface area contributed by atoms with Gasteiger partial charge in [-0.05, 0) is 56.6 Å². The summed E-state index contributed by atoms with van der Waals surface area (Å²) >= 11 is 3.48. The summed E-state index contributed by atoms with van der Waals surface area (Å²) in [4.78, 5) is 2.58. The first-order valence-electron chi connectivity index (χ1n) is 6.39. The highest BCUT2D eigenvalue weighted by Crippen LogP contribution is 2.19. The van der Waals surface area contributed by atoms with Gasteiger partial charge >= 0.3 is 0 Å². The predicted molar refractivity (Wildman–Crippen MR) is 83.3 cm³/mol. The third-order valence-electron chi connectivity index (χ3n) is 3.42. The summed E-state index contributed by atoms with van der Waals surface area (Å²) in [5.41, 5.74) is 1.42. The molecule has 18 heavy (non-hydrogen) atoms. The average Bonchev–Trinajstić information content (AvgIpc) is 2.33. The number of piperidine rings is 1. The first-order valence-corrected chi connectivity index (χ1v) is 7.18. The Hall–Kier alpha value is -0.0900. The summed E-state index contributed by atoms with van der Waals surface area (Å²) in [6, 6.07) is 8.69. The maximum Gasteiger partial charge on any atom is 0.0233 e. The molecule has 0 spiro atoms. The van der Waals surface area contributed by atoms with E-state index in [1.165, 1.54) is 31.5 Å². The fourth-order valence-corrected chi connectivity index (χ4v) is 2.86. The van der Waals surface area contributed by atoms with Crippen LogP contribution in [-0.2, 0) is 6.54 Å². The fourth-order valence-electron chi connectivity index (χ4n) is 2.60. The van der Waals surface area contributed by atoms with Crippen molar-refractivity contribution in [2.24, 2.45) is 5.92 Å². The van der Waals surface area contributed by atoms with Gasteiger partial charge in [0.2, 0.25) is 0 Å². The van der Waals surface area contributed by atoms with Crippen LogP contribution in [0.3, 0.4) is 0 Å². The van der Waals surface area contributed by atoms with Gasteiger partial charge in [0.25, 0.3) is 0 Å². The highest BCUT2D eigenvalue weighted by atomic mass is 79.9. The van der Waals surface area contributed by atoms with Gasteiger partial charge in [-0.25, -0.2) is 0 Å². The summed E-state index contributed by atoms with van der Waals surface area (Å²) in [7, 11) is 2.05. The Kier molecular flexibility index (Phi) is 7.23. The van der Waals surface area contributed by atoms with Crippen LogP contribution in [0.5, 0.6) is 0 Å². The molecule has 4 heteroatoms. The van der Waals surface area contributed by atoms with E-state index in [1.807, 2.05) is 7.05 Å². The van der Waals surface area contributed by atoms with Crippen molar-refractivity contribution in [2.75, 3.05) is 26.7 Å². The molecule has 102 valence electrons. The van der Waals surface area contributed by atoms with Crippen molar-refractivity contribution in [2.45, 2.75) is 19.4 Å². The fraction of sp³-hybridized carbons (Fsp3) is 0.571. The lowest BCUT2D eigenvalue weighted by molar-refractivity contribution is 0.167. The number of hydrogen-bond acceptors (Lipinski definition) is 2. The molecule has 2 nitrogen and oxygen atoms in total. The third-order valence-corrected chi connectivity index (χ3v) is 3.94. The number of benzene rings is 1. The average molecular weight is 334 g/mol. The van der Waals surface area contributed by atoms with Crippen molar-refractivity contribution in [3.8, 4) is 0 Å². The van der Waals surface area contributed by atoms with Gasteiger partial charge in [0, 0.05) is 17.6 Å². The monoisotopic (exact) mass is 332 g/mol. The van der Waals surface area contributed by atoms with Crippen molar-refractivity contribution in [1.82, 2.24) is 10.2 Å². The van der Waals surface area contributed by atoms with Crippen LogP contribution >= 0.6 is 28.3 Å². The molecule has 1 heterocycles. The zero-order chi connectivity index (χ0) is 12.1. The van der Waals surface area contributed by atoms with Crippen LogP contribution in [0.15, 0.2) is 28.7 Å². The van der Waals surface area contributed by atoms with E-state index in [0.717, 1.165) is 23.5 Å². The molecule has 1 N–H and O–H groups in total. The topological polar surface area (TPSA) is 15.3 Å². The molecular weight excluding hydrogens is 312 g/mol. The summed E-state index contributed by atoms with van der Waals surface area (Å²) < 4.78 is 1.16. The maximum absolute atomic E-state index is 3.48. The van der Waals surface area contributed by atoms with E-state index in [9.17, 15) is 0 Å². The highest BCUT2D eigenvalue weighted by Gasteiger charge is 2.18. The van der Waals surface area contributed by atoms with E-state index in [4.69, 9.17) is 0 Å². The largest absolute Gasteiger partial charge is 0.319 e. The lowest BCUT2D eigenvalue weighted by Gasteiger charge is -2.32. The minimum atomic E-state index is 0. The smallest absolute Gasteiger partial charge is 0.0233 e. The number of likely N-dealkylation sites (tertiary alicyclic amines) is 1. The van der Waals surface area contributed by atoms with Gasteiger partial charge in [-0.2, -0.15) is 0 Å². The van der Waals surface area contributed by atoms with Crippen molar-refractivity contribution in [1.29, 1.82) is 0 Å². The van der Waals surface area contributed by atoms with Crippen molar-refractivity contribution in [3.05, 3.63) is 34.3 Å². The van der Waals surface area contributed by atoms with Crippen LogP contribution in [0, 0.1) is 5.92 Å².